The molecule has 0 spiro atoms. The maximum absolute atomic E-state index is 5.25. The molecule has 2 aromatic heterocycles. The topological polar surface area (TPSA) is 65.0 Å². The van der Waals surface area contributed by atoms with Gasteiger partial charge in [0.15, 0.2) is 5.82 Å². The van der Waals surface area contributed by atoms with Crippen molar-refractivity contribution < 1.29 is 9.05 Å². The SMILES string of the molecule is CC(C)(C)c1cc(-c2nc(C(C)(I)I)no2)on1. The van der Waals surface area contributed by atoms with Gasteiger partial charge < -0.3 is 9.05 Å². The van der Waals surface area contributed by atoms with E-state index in [1.807, 2.05) is 13.0 Å². The van der Waals surface area contributed by atoms with Gasteiger partial charge in [0.2, 0.25) is 5.76 Å². The first-order chi connectivity index (χ1) is 8.18. The van der Waals surface area contributed by atoms with Crippen LogP contribution in [0.25, 0.3) is 11.7 Å². The van der Waals surface area contributed by atoms with E-state index >= 15 is 0 Å². The average Bonchev–Trinajstić information content (AvgIpc) is 2.84. The molecule has 0 radical (unpaired) electrons. The predicted molar refractivity (Wildman–Crippen MR) is 83.9 cm³/mol. The van der Waals surface area contributed by atoms with Gasteiger partial charge in [-0.25, -0.2) is 0 Å². The highest BCUT2D eigenvalue weighted by Crippen LogP contribution is 2.37. The van der Waals surface area contributed by atoms with Gasteiger partial charge in [-0.2, -0.15) is 4.98 Å². The van der Waals surface area contributed by atoms with Crippen molar-refractivity contribution in [3.63, 3.8) is 0 Å². The molecule has 0 N–H and O–H groups in total. The number of nitrogens with zero attached hydrogens (tertiary/aromatic N) is 3. The second-order valence-corrected chi connectivity index (χ2v) is 11.5. The summed E-state index contributed by atoms with van der Waals surface area (Å²) in [4.78, 5) is 4.32. The molecule has 2 aromatic rings. The van der Waals surface area contributed by atoms with Crippen molar-refractivity contribution in [1.82, 2.24) is 15.3 Å². The first-order valence-electron chi connectivity index (χ1n) is 5.37. The minimum absolute atomic E-state index is 0.0638. The Bertz CT molecular complexity index is 499. The van der Waals surface area contributed by atoms with Crippen LogP contribution in [0.2, 0.25) is 0 Å². The van der Waals surface area contributed by atoms with E-state index in [1.54, 1.807) is 0 Å². The molecule has 0 bridgehead atoms. The van der Waals surface area contributed by atoms with E-state index in [1.165, 1.54) is 0 Å². The van der Waals surface area contributed by atoms with E-state index in [-0.39, 0.29) is 6.84 Å². The number of aromatic nitrogens is 3. The maximum Gasteiger partial charge on any atom is 0.296 e. The van der Waals surface area contributed by atoms with Gasteiger partial charge in [-0.15, -0.1) is 0 Å². The first-order valence-corrected chi connectivity index (χ1v) is 7.53. The lowest BCUT2D eigenvalue weighted by Crippen LogP contribution is -2.10. The van der Waals surface area contributed by atoms with Crippen LogP contribution >= 0.6 is 45.2 Å². The second-order valence-electron chi connectivity index (χ2n) is 5.14. The summed E-state index contributed by atoms with van der Waals surface area (Å²) < 4.78 is 10.2. The Labute approximate surface area is 132 Å². The van der Waals surface area contributed by atoms with E-state index < -0.39 is 0 Å². The molecule has 0 saturated heterocycles. The van der Waals surface area contributed by atoms with Crippen LogP contribution in [0.3, 0.4) is 0 Å². The molecule has 0 unspecified atom stereocenters. The Morgan fingerprint density at radius 2 is 1.72 bits per heavy atom. The molecule has 0 aliphatic rings. The third-order valence-electron chi connectivity index (χ3n) is 2.31. The summed E-state index contributed by atoms with van der Waals surface area (Å²) in [6.07, 6.45) is 0. The molecule has 2 heterocycles. The third kappa shape index (κ3) is 3.03. The lowest BCUT2D eigenvalue weighted by Gasteiger charge is -2.12. The second kappa shape index (κ2) is 4.73. The van der Waals surface area contributed by atoms with Crippen molar-refractivity contribution in [3.05, 3.63) is 17.6 Å². The number of hydrogen-bond donors (Lipinski definition) is 0. The van der Waals surface area contributed by atoms with Gasteiger partial charge in [-0.05, 0) is 6.92 Å². The fraction of sp³-hybridized carbons (Fsp3) is 0.545. The largest absolute Gasteiger partial charge is 0.351 e. The van der Waals surface area contributed by atoms with Crippen molar-refractivity contribution in [2.45, 2.75) is 34.5 Å². The average molecular weight is 473 g/mol. The predicted octanol–water partition coefficient (Wildman–Crippen LogP) is 4.06. The van der Waals surface area contributed by atoms with Crippen LogP contribution in [0.1, 0.15) is 39.2 Å². The van der Waals surface area contributed by atoms with Crippen LogP contribution in [0, 0.1) is 0 Å². The van der Waals surface area contributed by atoms with E-state index in [4.69, 9.17) is 9.05 Å². The number of alkyl halides is 2. The van der Waals surface area contributed by atoms with Crippen LogP contribution in [-0.2, 0) is 6.84 Å². The summed E-state index contributed by atoms with van der Waals surface area (Å²) in [5, 5.41) is 7.98. The van der Waals surface area contributed by atoms with Gasteiger partial charge in [0.1, 0.15) is 1.43 Å². The zero-order chi connectivity index (χ0) is 13.6. The van der Waals surface area contributed by atoms with Crippen LogP contribution in [0.15, 0.2) is 15.1 Å². The maximum atomic E-state index is 5.25. The van der Waals surface area contributed by atoms with Crippen molar-refractivity contribution in [1.29, 1.82) is 0 Å². The minimum Gasteiger partial charge on any atom is -0.351 e. The van der Waals surface area contributed by atoms with Crippen molar-refractivity contribution in [2.24, 2.45) is 0 Å². The molecule has 2 rings (SSSR count). The summed E-state index contributed by atoms with van der Waals surface area (Å²) in [5.41, 5.74) is 0.801. The number of halogens is 2. The quantitative estimate of drug-likeness (QED) is 0.487. The Balaban J connectivity index is 2.33. The molecule has 18 heavy (non-hydrogen) atoms. The van der Waals surface area contributed by atoms with E-state index in [9.17, 15) is 0 Å². The summed E-state index contributed by atoms with van der Waals surface area (Å²) in [7, 11) is 0. The Morgan fingerprint density at radius 1 is 1.06 bits per heavy atom. The number of hydrogen-bond acceptors (Lipinski definition) is 5. The highest BCUT2D eigenvalue weighted by atomic mass is 127. The molecule has 98 valence electrons. The Morgan fingerprint density at radius 3 is 2.17 bits per heavy atom. The van der Waals surface area contributed by atoms with Crippen molar-refractivity contribution in [2.75, 3.05) is 0 Å². The number of rotatable bonds is 2. The molecule has 0 fully saturated rings. The van der Waals surface area contributed by atoms with Gasteiger partial charge in [0.05, 0.1) is 5.69 Å². The Hall–Kier alpha value is -0.190. The summed E-state index contributed by atoms with van der Waals surface area (Å²) in [6.45, 7) is 8.21. The molecule has 5 nitrogen and oxygen atoms in total. The normalized spacial score (nSPS) is 13.0. The molecule has 0 aliphatic carbocycles. The van der Waals surface area contributed by atoms with Crippen LogP contribution < -0.4 is 0 Å². The standard InChI is InChI=1S/C11H13I2N3O2/c1-10(2,3)7-5-6(17-15-7)8-14-9(16-18-8)11(4,12)13/h5H,1-4H3. The van der Waals surface area contributed by atoms with Crippen LogP contribution in [0.5, 0.6) is 0 Å². The first kappa shape index (κ1) is 14.2. The molecule has 0 saturated carbocycles. The third-order valence-corrected chi connectivity index (χ3v) is 3.27. The fourth-order valence-electron chi connectivity index (χ4n) is 1.23. The minimum atomic E-state index is -0.204. The molecule has 0 atom stereocenters. The highest BCUT2D eigenvalue weighted by Gasteiger charge is 2.27. The highest BCUT2D eigenvalue weighted by molar-refractivity contribution is 14.2. The van der Waals surface area contributed by atoms with Gasteiger partial charge in [0.25, 0.3) is 5.89 Å². The van der Waals surface area contributed by atoms with Gasteiger partial charge in [-0.3, -0.25) is 0 Å². The zero-order valence-corrected chi connectivity index (χ0v) is 14.8. The van der Waals surface area contributed by atoms with Crippen molar-refractivity contribution in [3.8, 4) is 11.7 Å². The van der Waals surface area contributed by atoms with E-state index in [2.05, 4.69) is 81.3 Å². The van der Waals surface area contributed by atoms with Crippen molar-refractivity contribution >= 4 is 45.2 Å². The van der Waals surface area contributed by atoms with Gasteiger partial charge in [-0.1, -0.05) is 76.3 Å². The van der Waals surface area contributed by atoms with Crippen LogP contribution in [0.4, 0.5) is 0 Å². The summed E-state index contributed by atoms with van der Waals surface area (Å²) in [5.74, 6) is 1.51. The molecular weight excluding hydrogens is 460 g/mol. The zero-order valence-electron chi connectivity index (χ0n) is 10.5. The molecule has 0 amide bonds. The molecule has 7 heteroatoms. The smallest absolute Gasteiger partial charge is 0.296 e. The van der Waals surface area contributed by atoms with Gasteiger partial charge >= 0.3 is 0 Å². The van der Waals surface area contributed by atoms with Gasteiger partial charge in [0, 0.05) is 11.5 Å². The summed E-state index contributed by atoms with van der Waals surface area (Å²) >= 11 is 4.50. The van der Waals surface area contributed by atoms with Crippen LogP contribution in [-0.4, -0.2) is 15.3 Å². The Kier molecular flexibility index (Phi) is 3.74. The van der Waals surface area contributed by atoms with E-state index in [0.29, 0.717) is 17.5 Å². The fourth-order valence-corrected chi connectivity index (χ4v) is 1.67. The molecular formula is C11H13I2N3O2. The lowest BCUT2D eigenvalue weighted by molar-refractivity contribution is 0.371. The monoisotopic (exact) mass is 473 g/mol. The molecule has 0 aliphatic heterocycles. The lowest BCUT2D eigenvalue weighted by atomic mass is 9.92. The van der Waals surface area contributed by atoms with E-state index in [0.717, 1.165) is 5.69 Å². The summed E-state index contributed by atoms with van der Waals surface area (Å²) in [6, 6.07) is 1.84. The molecule has 0 aromatic carbocycles.